The Balaban J connectivity index is 2.31. The second kappa shape index (κ2) is 5.75. The van der Waals surface area contributed by atoms with Gasteiger partial charge in [-0.3, -0.25) is 0 Å². The molecule has 0 spiro atoms. The van der Waals surface area contributed by atoms with E-state index in [0.29, 0.717) is 6.07 Å². The summed E-state index contributed by atoms with van der Waals surface area (Å²) < 4.78 is 64.9. The van der Waals surface area contributed by atoms with Gasteiger partial charge in [-0.2, -0.15) is 13.2 Å². The van der Waals surface area contributed by atoms with Crippen molar-refractivity contribution in [2.45, 2.75) is 30.0 Å². The fourth-order valence-corrected chi connectivity index (χ4v) is 3.56. The van der Waals surface area contributed by atoms with E-state index in [0.717, 1.165) is 25.0 Å². The highest BCUT2D eigenvalue weighted by molar-refractivity contribution is 7.89. The lowest BCUT2D eigenvalue weighted by Gasteiger charge is -2.17. The van der Waals surface area contributed by atoms with Crippen molar-refractivity contribution in [2.75, 3.05) is 6.54 Å². The number of halogens is 4. The summed E-state index contributed by atoms with van der Waals surface area (Å²) in [6.07, 6.45) is -3.00. The minimum absolute atomic E-state index is 0.101. The molecule has 1 saturated carbocycles. The zero-order valence-electron chi connectivity index (χ0n) is 10.8. The first-order valence-electron chi connectivity index (χ1n) is 6.24. The molecule has 118 valence electrons. The molecule has 1 aromatic rings. The van der Waals surface area contributed by atoms with Crippen molar-refractivity contribution in [1.29, 1.82) is 0 Å². The minimum Gasteiger partial charge on any atom is -0.329 e. The van der Waals surface area contributed by atoms with Crippen LogP contribution >= 0.6 is 11.6 Å². The Kier molecular flexibility index (Phi) is 4.53. The van der Waals surface area contributed by atoms with Gasteiger partial charge in [-0.1, -0.05) is 11.6 Å². The van der Waals surface area contributed by atoms with Gasteiger partial charge in [-0.25, -0.2) is 13.1 Å². The van der Waals surface area contributed by atoms with Crippen molar-refractivity contribution < 1.29 is 21.6 Å². The molecule has 1 aliphatic carbocycles. The van der Waals surface area contributed by atoms with Gasteiger partial charge in [-0.15, -0.1) is 0 Å². The fourth-order valence-electron chi connectivity index (χ4n) is 1.99. The Hall–Kier alpha value is -0.830. The lowest BCUT2D eigenvalue weighted by atomic mass is 10.2. The summed E-state index contributed by atoms with van der Waals surface area (Å²) >= 11 is 5.47. The summed E-state index contributed by atoms with van der Waals surface area (Å²) in [6, 6.07) is 2.04. The molecule has 0 aromatic heterocycles. The van der Waals surface area contributed by atoms with Crippen LogP contribution < -0.4 is 10.5 Å². The molecule has 9 heteroatoms. The molecular weight excluding hydrogens is 329 g/mol. The number of alkyl halides is 3. The van der Waals surface area contributed by atoms with Crippen LogP contribution in [0.5, 0.6) is 0 Å². The van der Waals surface area contributed by atoms with Crippen LogP contribution in [0.3, 0.4) is 0 Å². The molecule has 1 atom stereocenters. The van der Waals surface area contributed by atoms with Crippen molar-refractivity contribution >= 4 is 21.6 Å². The number of hydrogen-bond acceptors (Lipinski definition) is 3. The van der Waals surface area contributed by atoms with Gasteiger partial charge < -0.3 is 5.73 Å². The zero-order valence-corrected chi connectivity index (χ0v) is 12.4. The van der Waals surface area contributed by atoms with Crippen molar-refractivity contribution in [3.8, 4) is 0 Å². The van der Waals surface area contributed by atoms with E-state index < -0.39 is 37.7 Å². The molecule has 0 amide bonds. The topological polar surface area (TPSA) is 72.2 Å². The summed E-state index contributed by atoms with van der Waals surface area (Å²) in [5.41, 5.74) is 4.32. The first kappa shape index (κ1) is 16.5. The van der Waals surface area contributed by atoms with E-state index in [1.54, 1.807) is 0 Å². The molecule has 21 heavy (non-hydrogen) atoms. The second-order valence-electron chi connectivity index (χ2n) is 4.94. The van der Waals surface area contributed by atoms with Crippen LogP contribution in [0.1, 0.15) is 18.4 Å². The highest BCUT2D eigenvalue weighted by atomic mass is 35.5. The van der Waals surface area contributed by atoms with Crippen LogP contribution in [-0.4, -0.2) is 21.0 Å². The van der Waals surface area contributed by atoms with Crippen molar-refractivity contribution in [3.63, 3.8) is 0 Å². The van der Waals surface area contributed by atoms with Crippen LogP contribution in [0.2, 0.25) is 5.02 Å². The first-order chi connectivity index (χ1) is 9.65. The summed E-state index contributed by atoms with van der Waals surface area (Å²) in [4.78, 5) is -0.474. The van der Waals surface area contributed by atoms with Crippen molar-refractivity contribution in [2.24, 2.45) is 11.7 Å². The number of nitrogens with two attached hydrogens (primary N) is 1. The molecule has 1 fully saturated rings. The van der Waals surface area contributed by atoms with Crippen LogP contribution in [-0.2, 0) is 16.2 Å². The van der Waals surface area contributed by atoms with E-state index in [2.05, 4.69) is 4.72 Å². The molecule has 3 N–H and O–H groups in total. The third-order valence-electron chi connectivity index (χ3n) is 3.31. The van der Waals surface area contributed by atoms with Gasteiger partial charge in [0.15, 0.2) is 0 Å². The maximum atomic E-state index is 12.8. The molecule has 1 unspecified atom stereocenters. The van der Waals surface area contributed by atoms with E-state index in [-0.39, 0.29) is 12.5 Å². The van der Waals surface area contributed by atoms with Gasteiger partial charge in [0.2, 0.25) is 10.0 Å². The standard InChI is InChI=1S/C12H14ClF3N2O2S/c13-10-4-3-8(5-9(10)12(14,15)16)21(19,20)18-11(6-17)7-1-2-7/h3-5,7,11,18H,1-2,6,17H2. The first-order valence-corrected chi connectivity index (χ1v) is 8.10. The Morgan fingerprint density at radius 3 is 2.48 bits per heavy atom. The average molecular weight is 343 g/mol. The lowest BCUT2D eigenvalue weighted by Crippen LogP contribution is -2.41. The lowest BCUT2D eigenvalue weighted by molar-refractivity contribution is -0.137. The van der Waals surface area contributed by atoms with Gasteiger partial charge in [0, 0.05) is 12.6 Å². The smallest absolute Gasteiger partial charge is 0.329 e. The summed E-state index contributed by atoms with van der Waals surface area (Å²) in [7, 11) is -4.06. The van der Waals surface area contributed by atoms with Gasteiger partial charge in [0.05, 0.1) is 15.5 Å². The summed E-state index contributed by atoms with van der Waals surface area (Å²) in [6.45, 7) is 0.101. The van der Waals surface area contributed by atoms with E-state index in [1.165, 1.54) is 0 Å². The molecule has 0 aliphatic heterocycles. The Morgan fingerprint density at radius 1 is 1.38 bits per heavy atom. The number of nitrogens with one attached hydrogen (secondary N) is 1. The molecule has 4 nitrogen and oxygen atoms in total. The Bertz CT molecular complexity index is 630. The number of sulfonamides is 1. The third kappa shape index (κ3) is 3.88. The van der Waals surface area contributed by atoms with Gasteiger partial charge in [0.1, 0.15) is 0 Å². The maximum Gasteiger partial charge on any atom is 0.417 e. The quantitative estimate of drug-likeness (QED) is 0.863. The zero-order chi connectivity index (χ0) is 15.8. The largest absolute Gasteiger partial charge is 0.417 e. The number of hydrogen-bond donors (Lipinski definition) is 2. The van der Waals surface area contributed by atoms with E-state index in [4.69, 9.17) is 17.3 Å². The van der Waals surface area contributed by atoms with Crippen molar-refractivity contribution in [3.05, 3.63) is 28.8 Å². The third-order valence-corrected chi connectivity index (χ3v) is 5.12. The molecule has 1 aromatic carbocycles. The highest BCUT2D eigenvalue weighted by Crippen LogP contribution is 2.36. The number of rotatable bonds is 5. The Morgan fingerprint density at radius 2 is 2.00 bits per heavy atom. The van der Waals surface area contributed by atoms with Gasteiger partial charge in [0.25, 0.3) is 0 Å². The monoisotopic (exact) mass is 342 g/mol. The second-order valence-corrected chi connectivity index (χ2v) is 7.06. The SMILES string of the molecule is NCC(NS(=O)(=O)c1ccc(Cl)c(C(F)(F)F)c1)C1CC1. The molecule has 1 aliphatic rings. The van der Waals surface area contributed by atoms with Crippen molar-refractivity contribution in [1.82, 2.24) is 4.72 Å². The molecule has 0 saturated heterocycles. The van der Waals surface area contributed by atoms with E-state index in [1.807, 2.05) is 0 Å². The normalized spacial score (nSPS) is 17.8. The molecule has 2 rings (SSSR count). The van der Waals surface area contributed by atoms with E-state index >= 15 is 0 Å². The molecule has 0 heterocycles. The summed E-state index contributed by atoms with van der Waals surface area (Å²) in [5.74, 6) is 0.152. The summed E-state index contributed by atoms with van der Waals surface area (Å²) in [5, 5.41) is -0.543. The average Bonchev–Trinajstić information content (AvgIpc) is 3.19. The van der Waals surface area contributed by atoms with Crippen LogP contribution in [0.25, 0.3) is 0 Å². The molecule has 0 bridgehead atoms. The van der Waals surface area contributed by atoms with Crippen LogP contribution in [0.15, 0.2) is 23.1 Å². The Labute approximate surface area is 125 Å². The van der Waals surface area contributed by atoms with Gasteiger partial charge in [-0.05, 0) is 37.0 Å². The molecule has 0 radical (unpaired) electrons. The minimum atomic E-state index is -4.72. The van der Waals surface area contributed by atoms with Crippen LogP contribution in [0.4, 0.5) is 13.2 Å². The van der Waals surface area contributed by atoms with Gasteiger partial charge >= 0.3 is 6.18 Å². The predicted molar refractivity (Wildman–Crippen MR) is 72.3 cm³/mol. The number of benzene rings is 1. The molecular formula is C12H14ClF3N2O2S. The maximum absolute atomic E-state index is 12.8. The predicted octanol–water partition coefficient (Wildman–Crippen LogP) is 2.37. The fraction of sp³-hybridized carbons (Fsp3) is 0.500. The van der Waals surface area contributed by atoms with Crippen LogP contribution in [0, 0.1) is 5.92 Å². The van der Waals surface area contributed by atoms with E-state index in [9.17, 15) is 21.6 Å². The highest BCUT2D eigenvalue weighted by Gasteiger charge is 2.36.